The number of halogens is 2. The van der Waals surface area contributed by atoms with Crippen molar-refractivity contribution in [3.05, 3.63) is 44.9 Å². The average Bonchev–Trinajstić information content (AvgIpc) is 3.33. The molecule has 3 heterocycles. The SMILES string of the molecule is Cc1noc(NC(=O)N2CCN(c3nc(-c4cccc(Cl)c4Cl)cs3)CC2)c1C. The van der Waals surface area contributed by atoms with Crippen molar-refractivity contribution in [3.63, 3.8) is 0 Å². The van der Waals surface area contributed by atoms with E-state index in [4.69, 9.17) is 32.7 Å². The number of hydrogen-bond donors (Lipinski definition) is 1. The molecule has 0 bridgehead atoms. The van der Waals surface area contributed by atoms with Crippen LogP contribution in [0.15, 0.2) is 28.1 Å². The van der Waals surface area contributed by atoms with Crippen molar-refractivity contribution in [2.24, 2.45) is 0 Å². The van der Waals surface area contributed by atoms with Crippen molar-refractivity contribution in [3.8, 4) is 11.3 Å². The Kier molecular flexibility index (Phi) is 5.67. The van der Waals surface area contributed by atoms with E-state index in [0.29, 0.717) is 42.1 Å². The molecule has 0 aliphatic carbocycles. The van der Waals surface area contributed by atoms with Crippen LogP contribution in [0, 0.1) is 13.8 Å². The molecule has 4 rings (SSSR count). The number of thiazole rings is 1. The van der Waals surface area contributed by atoms with E-state index in [-0.39, 0.29) is 6.03 Å². The highest BCUT2D eigenvalue weighted by Gasteiger charge is 2.24. The van der Waals surface area contributed by atoms with Crippen molar-refractivity contribution in [2.75, 3.05) is 36.4 Å². The first-order valence-electron chi connectivity index (χ1n) is 9.07. The minimum atomic E-state index is -0.186. The van der Waals surface area contributed by atoms with Gasteiger partial charge in [-0.2, -0.15) is 0 Å². The lowest BCUT2D eigenvalue weighted by Crippen LogP contribution is -2.50. The summed E-state index contributed by atoms with van der Waals surface area (Å²) in [6, 6.07) is 5.33. The third-order valence-corrected chi connectivity index (χ3v) is 6.65. The van der Waals surface area contributed by atoms with E-state index in [1.54, 1.807) is 22.3 Å². The summed E-state index contributed by atoms with van der Waals surface area (Å²) in [6.45, 7) is 6.27. The van der Waals surface area contributed by atoms with Crippen LogP contribution < -0.4 is 10.2 Å². The molecule has 0 unspecified atom stereocenters. The Hall–Kier alpha value is -2.29. The molecule has 152 valence electrons. The number of aromatic nitrogens is 2. The zero-order valence-electron chi connectivity index (χ0n) is 15.9. The number of carbonyl (C=O) groups is 1. The summed E-state index contributed by atoms with van der Waals surface area (Å²) >= 11 is 14.0. The second-order valence-corrected chi connectivity index (χ2v) is 8.36. The Balaban J connectivity index is 1.39. The number of anilines is 2. The molecule has 1 saturated heterocycles. The van der Waals surface area contributed by atoms with Gasteiger partial charge in [-0.25, -0.2) is 9.78 Å². The second-order valence-electron chi connectivity index (χ2n) is 6.74. The molecule has 1 aromatic carbocycles. The number of amides is 2. The van der Waals surface area contributed by atoms with Crippen LogP contribution in [0.1, 0.15) is 11.3 Å². The fourth-order valence-corrected chi connectivity index (χ4v) is 4.32. The molecule has 1 N–H and O–H groups in total. The van der Waals surface area contributed by atoms with Gasteiger partial charge in [0.1, 0.15) is 0 Å². The Morgan fingerprint density at radius 2 is 1.97 bits per heavy atom. The molecule has 0 spiro atoms. The van der Waals surface area contributed by atoms with Crippen LogP contribution >= 0.6 is 34.5 Å². The standard InChI is InChI=1S/C19H19Cl2N5O2S/c1-11-12(2)24-28-17(11)23-18(27)25-6-8-26(9-7-25)19-22-15(10-29-19)13-4-3-5-14(20)16(13)21/h3-5,10H,6-9H2,1-2H3,(H,23,27). The molecule has 2 aromatic heterocycles. The van der Waals surface area contributed by atoms with Gasteiger partial charge in [0.15, 0.2) is 5.13 Å². The number of aryl methyl sites for hydroxylation is 1. The fourth-order valence-electron chi connectivity index (χ4n) is 3.04. The molecule has 7 nitrogen and oxygen atoms in total. The minimum absolute atomic E-state index is 0.186. The van der Waals surface area contributed by atoms with Crippen molar-refractivity contribution in [1.29, 1.82) is 0 Å². The maximum absolute atomic E-state index is 12.5. The quantitative estimate of drug-likeness (QED) is 0.600. The van der Waals surface area contributed by atoms with E-state index in [1.807, 2.05) is 31.4 Å². The lowest BCUT2D eigenvalue weighted by Gasteiger charge is -2.34. The van der Waals surface area contributed by atoms with Crippen LogP contribution in [-0.4, -0.2) is 47.3 Å². The van der Waals surface area contributed by atoms with Gasteiger partial charge in [0, 0.05) is 42.7 Å². The topological polar surface area (TPSA) is 74.5 Å². The normalized spacial score (nSPS) is 14.3. The molecule has 10 heteroatoms. The summed E-state index contributed by atoms with van der Waals surface area (Å²) in [6.07, 6.45) is 0. The molecule has 3 aromatic rings. The van der Waals surface area contributed by atoms with Crippen LogP contribution in [0.2, 0.25) is 10.0 Å². The van der Waals surface area contributed by atoms with E-state index >= 15 is 0 Å². The highest BCUT2D eigenvalue weighted by atomic mass is 35.5. The first-order valence-corrected chi connectivity index (χ1v) is 10.7. The maximum atomic E-state index is 12.5. The van der Waals surface area contributed by atoms with E-state index in [0.717, 1.165) is 27.6 Å². The summed E-state index contributed by atoms with van der Waals surface area (Å²) in [5, 5.41) is 10.5. The third-order valence-electron chi connectivity index (χ3n) is 4.93. The Morgan fingerprint density at radius 1 is 1.21 bits per heavy atom. The van der Waals surface area contributed by atoms with Gasteiger partial charge in [-0.05, 0) is 19.9 Å². The molecule has 29 heavy (non-hydrogen) atoms. The van der Waals surface area contributed by atoms with Gasteiger partial charge < -0.3 is 14.3 Å². The molecule has 1 fully saturated rings. The third kappa shape index (κ3) is 4.05. The summed E-state index contributed by atoms with van der Waals surface area (Å²) in [7, 11) is 0. The van der Waals surface area contributed by atoms with Crippen LogP contribution in [0.3, 0.4) is 0 Å². The van der Waals surface area contributed by atoms with Crippen LogP contribution in [0.4, 0.5) is 15.8 Å². The molecule has 2 amide bonds. The molecular formula is C19H19Cl2N5O2S. The van der Waals surface area contributed by atoms with Gasteiger partial charge in [-0.15, -0.1) is 11.3 Å². The van der Waals surface area contributed by atoms with Gasteiger partial charge in [-0.1, -0.05) is 40.5 Å². The van der Waals surface area contributed by atoms with Gasteiger partial charge in [0.25, 0.3) is 0 Å². The fraction of sp³-hybridized carbons (Fsp3) is 0.316. The monoisotopic (exact) mass is 451 g/mol. The van der Waals surface area contributed by atoms with Gasteiger partial charge in [-0.3, -0.25) is 5.32 Å². The van der Waals surface area contributed by atoms with Crippen LogP contribution in [0.25, 0.3) is 11.3 Å². The highest BCUT2D eigenvalue weighted by molar-refractivity contribution is 7.14. The Bertz CT molecular complexity index is 1040. The first-order chi connectivity index (χ1) is 13.9. The number of rotatable bonds is 3. The predicted molar refractivity (Wildman–Crippen MR) is 116 cm³/mol. The average molecular weight is 452 g/mol. The van der Waals surface area contributed by atoms with Crippen LogP contribution in [-0.2, 0) is 0 Å². The van der Waals surface area contributed by atoms with E-state index in [2.05, 4.69) is 15.4 Å². The smallest absolute Gasteiger partial charge is 0.324 e. The number of nitrogens with one attached hydrogen (secondary N) is 1. The minimum Gasteiger partial charge on any atom is -0.345 e. The lowest BCUT2D eigenvalue weighted by atomic mass is 10.2. The zero-order chi connectivity index (χ0) is 20.5. The number of urea groups is 1. The lowest BCUT2D eigenvalue weighted by molar-refractivity contribution is 0.207. The molecule has 0 atom stereocenters. The largest absolute Gasteiger partial charge is 0.345 e. The summed E-state index contributed by atoms with van der Waals surface area (Å²) in [4.78, 5) is 21.1. The maximum Gasteiger partial charge on any atom is 0.324 e. The number of hydrogen-bond acceptors (Lipinski definition) is 6. The summed E-state index contributed by atoms with van der Waals surface area (Å²) in [5.41, 5.74) is 3.22. The molecule has 0 saturated carbocycles. The van der Waals surface area contributed by atoms with Crippen molar-refractivity contribution in [2.45, 2.75) is 13.8 Å². The Labute approximate surface area is 182 Å². The van der Waals surface area contributed by atoms with E-state index in [1.165, 1.54) is 0 Å². The van der Waals surface area contributed by atoms with E-state index in [9.17, 15) is 4.79 Å². The van der Waals surface area contributed by atoms with Crippen molar-refractivity contribution < 1.29 is 9.32 Å². The number of benzene rings is 1. The van der Waals surface area contributed by atoms with Gasteiger partial charge in [0.2, 0.25) is 5.88 Å². The summed E-state index contributed by atoms with van der Waals surface area (Å²) in [5.74, 6) is 0.401. The summed E-state index contributed by atoms with van der Waals surface area (Å²) < 4.78 is 5.16. The molecule has 1 aliphatic rings. The second kappa shape index (κ2) is 8.22. The first kappa shape index (κ1) is 20.0. The van der Waals surface area contributed by atoms with Gasteiger partial charge in [0.05, 0.1) is 21.4 Å². The van der Waals surface area contributed by atoms with Crippen molar-refractivity contribution in [1.82, 2.24) is 15.0 Å². The molecule has 0 radical (unpaired) electrons. The van der Waals surface area contributed by atoms with Crippen LogP contribution in [0.5, 0.6) is 0 Å². The van der Waals surface area contributed by atoms with Crippen molar-refractivity contribution >= 4 is 51.6 Å². The predicted octanol–water partition coefficient (Wildman–Crippen LogP) is 5.08. The zero-order valence-corrected chi connectivity index (χ0v) is 18.2. The number of carbonyl (C=O) groups excluding carboxylic acids is 1. The van der Waals surface area contributed by atoms with E-state index < -0.39 is 0 Å². The van der Waals surface area contributed by atoms with Gasteiger partial charge >= 0.3 is 6.03 Å². The number of nitrogens with zero attached hydrogens (tertiary/aromatic N) is 4. The number of piperazine rings is 1. The Morgan fingerprint density at radius 3 is 2.66 bits per heavy atom. The highest BCUT2D eigenvalue weighted by Crippen LogP contribution is 2.35. The molecular weight excluding hydrogens is 433 g/mol. The molecule has 1 aliphatic heterocycles.